The van der Waals surface area contributed by atoms with Crippen LogP contribution in [0, 0.1) is 0 Å². The SMILES string of the molecule is COC(=O)CC(O)C(O)c1cc(Cl)cc(C=O)c1O. The molecule has 0 spiro atoms. The second-order valence-electron chi connectivity index (χ2n) is 3.84. The number of hydrogen-bond acceptors (Lipinski definition) is 6. The highest BCUT2D eigenvalue weighted by molar-refractivity contribution is 6.31. The fourth-order valence-corrected chi connectivity index (χ4v) is 1.77. The molecule has 1 aromatic carbocycles. The second kappa shape index (κ2) is 6.51. The van der Waals surface area contributed by atoms with Gasteiger partial charge in [-0.3, -0.25) is 9.59 Å². The lowest BCUT2D eigenvalue weighted by atomic mass is 9.99. The minimum atomic E-state index is -1.57. The summed E-state index contributed by atoms with van der Waals surface area (Å²) in [6.45, 7) is 0. The number of esters is 1. The van der Waals surface area contributed by atoms with Gasteiger partial charge in [-0.25, -0.2) is 0 Å². The van der Waals surface area contributed by atoms with Gasteiger partial charge in [0, 0.05) is 10.6 Å². The highest BCUT2D eigenvalue weighted by Crippen LogP contribution is 2.33. The monoisotopic (exact) mass is 288 g/mol. The predicted octanol–water partition coefficient (Wildman–Crippen LogP) is 0.815. The summed E-state index contributed by atoms with van der Waals surface area (Å²) in [6, 6.07) is 2.42. The number of aromatic hydroxyl groups is 1. The van der Waals surface area contributed by atoms with Crippen molar-refractivity contribution in [1.82, 2.24) is 0 Å². The van der Waals surface area contributed by atoms with E-state index in [-0.39, 0.29) is 16.1 Å². The van der Waals surface area contributed by atoms with Crippen LogP contribution < -0.4 is 0 Å². The maximum atomic E-state index is 11.0. The van der Waals surface area contributed by atoms with Gasteiger partial charge >= 0.3 is 5.97 Å². The number of carbonyl (C=O) groups excluding carboxylic acids is 2. The lowest BCUT2D eigenvalue weighted by Gasteiger charge is -2.19. The Hall–Kier alpha value is -1.63. The van der Waals surface area contributed by atoms with E-state index in [2.05, 4.69) is 4.74 Å². The number of methoxy groups -OCH3 is 1. The number of aliphatic hydroxyl groups excluding tert-OH is 2. The molecule has 0 aliphatic rings. The number of ether oxygens (including phenoxy) is 1. The van der Waals surface area contributed by atoms with Gasteiger partial charge in [-0.2, -0.15) is 0 Å². The molecule has 0 bridgehead atoms. The van der Waals surface area contributed by atoms with E-state index in [0.717, 1.165) is 7.11 Å². The van der Waals surface area contributed by atoms with Crippen LogP contribution >= 0.6 is 11.6 Å². The van der Waals surface area contributed by atoms with Gasteiger partial charge in [-0.05, 0) is 12.1 Å². The predicted molar refractivity (Wildman–Crippen MR) is 66.1 cm³/mol. The van der Waals surface area contributed by atoms with Crippen molar-refractivity contribution in [1.29, 1.82) is 0 Å². The number of aliphatic hydroxyl groups is 2. The first-order valence-corrected chi connectivity index (χ1v) is 5.69. The van der Waals surface area contributed by atoms with E-state index in [1.807, 2.05) is 0 Å². The molecule has 6 nitrogen and oxygen atoms in total. The lowest BCUT2D eigenvalue weighted by molar-refractivity contribution is -0.144. The molecular formula is C12H13ClO6. The van der Waals surface area contributed by atoms with Crippen molar-refractivity contribution < 1.29 is 29.6 Å². The number of phenols is 1. The summed E-state index contributed by atoms with van der Waals surface area (Å²) in [7, 11) is 1.14. The molecule has 1 rings (SSSR count). The van der Waals surface area contributed by atoms with Crippen molar-refractivity contribution in [3.63, 3.8) is 0 Å². The average Bonchev–Trinajstić information content (AvgIpc) is 2.39. The highest BCUT2D eigenvalue weighted by Gasteiger charge is 2.25. The van der Waals surface area contributed by atoms with Crippen molar-refractivity contribution in [2.45, 2.75) is 18.6 Å². The molecule has 19 heavy (non-hydrogen) atoms. The second-order valence-corrected chi connectivity index (χ2v) is 4.28. The maximum Gasteiger partial charge on any atom is 0.308 e. The summed E-state index contributed by atoms with van der Waals surface area (Å²) in [4.78, 5) is 21.7. The maximum absolute atomic E-state index is 11.0. The first-order chi connectivity index (χ1) is 8.90. The average molecular weight is 289 g/mol. The van der Waals surface area contributed by atoms with E-state index < -0.39 is 30.3 Å². The Morgan fingerprint density at radius 3 is 2.63 bits per heavy atom. The number of halogens is 1. The van der Waals surface area contributed by atoms with Crippen molar-refractivity contribution >= 4 is 23.9 Å². The molecule has 0 saturated heterocycles. The van der Waals surface area contributed by atoms with Crippen LogP contribution in [0.3, 0.4) is 0 Å². The van der Waals surface area contributed by atoms with E-state index >= 15 is 0 Å². The third kappa shape index (κ3) is 3.66. The van der Waals surface area contributed by atoms with Crippen LogP contribution in [-0.2, 0) is 9.53 Å². The number of hydrogen-bond donors (Lipinski definition) is 3. The summed E-state index contributed by atoms with van der Waals surface area (Å²) in [5.74, 6) is -1.21. The molecule has 0 aliphatic heterocycles. The smallest absolute Gasteiger partial charge is 0.308 e. The molecule has 0 radical (unpaired) electrons. The van der Waals surface area contributed by atoms with Crippen LogP contribution in [0.25, 0.3) is 0 Å². The summed E-state index contributed by atoms with van der Waals surface area (Å²) in [6.07, 6.45) is -3.16. The van der Waals surface area contributed by atoms with E-state index in [9.17, 15) is 24.9 Å². The van der Waals surface area contributed by atoms with E-state index in [4.69, 9.17) is 11.6 Å². The van der Waals surface area contributed by atoms with Crippen LogP contribution in [0.1, 0.15) is 28.4 Å². The molecule has 104 valence electrons. The van der Waals surface area contributed by atoms with E-state index in [1.54, 1.807) is 0 Å². The largest absolute Gasteiger partial charge is 0.507 e. The molecule has 7 heteroatoms. The molecule has 2 atom stereocenters. The summed E-state index contributed by atoms with van der Waals surface area (Å²) in [5, 5.41) is 29.4. The van der Waals surface area contributed by atoms with E-state index in [0.29, 0.717) is 6.29 Å². The van der Waals surface area contributed by atoms with Gasteiger partial charge in [0.2, 0.25) is 0 Å². The Kier molecular flexibility index (Phi) is 5.29. The van der Waals surface area contributed by atoms with Crippen molar-refractivity contribution in [3.05, 3.63) is 28.3 Å². The minimum absolute atomic E-state index is 0.110. The zero-order chi connectivity index (χ0) is 14.6. The van der Waals surface area contributed by atoms with Gasteiger partial charge in [0.05, 0.1) is 25.2 Å². The molecule has 2 unspecified atom stereocenters. The van der Waals surface area contributed by atoms with Gasteiger partial charge in [0.15, 0.2) is 6.29 Å². The highest BCUT2D eigenvalue weighted by atomic mass is 35.5. The van der Waals surface area contributed by atoms with Crippen LogP contribution in [0.15, 0.2) is 12.1 Å². The van der Waals surface area contributed by atoms with Gasteiger partial charge in [0.25, 0.3) is 0 Å². The van der Waals surface area contributed by atoms with Gasteiger partial charge < -0.3 is 20.1 Å². The Labute approximate surface area is 114 Å². The third-order valence-corrected chi connectivity index (χ3v) is 2.77. The van der Waals surface area contributed by atoms with Gasteiger partial charge in [0.1, 0.15) is 11.9 Å². The minimum Gasteiger partial charge on any atom is -0.507 e. The topological polar surface area (TPSA) is 104 Å². The standard InChI is InChI=1S/C12H13ClO6/c1-19-10(16)4-9(15)12(18)8-3-7(13)2-6(5-14)11(8)17/h2-3,5,9,12,15,17-18H,4H2,1H3. The lowest BCUT2D eigenvalue weighted by Crippen LogP contribution is -2.22. The Balaban J connectivity index is 3.05. The number of carbonyl (C=O) groups is 2. The third-order valence-electron chi connectivity index (χ3n) is 2.55. The van der Waals surface area contributed by atoms with Crippen LogP contribution in [-0.4, -0.2) is 40.8 Å². The Morgan fingerprint density at radius 1 is 1.47 bits per heavy atom. The zero-order valence-electron chi connectivity index (χ0n) is 10.0. The normalized spacial score (nSPS) is 13.7. The number of aldehydes is 1. The van der Waals surface area contributed by atoms with E-state index in [1.165, 1.54) is 12.1 Å². The van der Waals surface area contributed by atoms with Crippen LogP contribution in [0.4, 0.5) is 0 Å². The quantitative estimate of drug-likeness (QED) is 0.547. The summed E-state index contributed by atoms with van der Waals surface area (Å²) in [5.41, 5.74) is -0.252. The molecule has 0 amide bonds. The number of phenolic OH excluding ortho intramolecular Hbond substituents is 1. The van der Waals surface area contributed by atoms with Crippen molar-refractivity contribution in [2.24, 2.45) is 0 Å². The van der Waals surface area contributed by atoms with Gasteiger partial charge in [-0.15, -0.1) is 0 Å². The molecule has 3 N–H and O–H groups in total. The molecule has 0 aliphatic carbocycles. The zero-order valence-corrected chi connectivity index (χ0v) is 10.8. The summed E-state index contributed by atoms with van der Waals surface area (Å²) < 4.78 is 4.35. The fraction of sp³-hybridized carbons (Fsp3) is 0.333. The molecule has 1 aromatic rings. The van der Waals surface area contributed by atoms with Gasteiger partial charge in [-0.1, -0.05) is 11.6 Å². The molecule has 0 saturated carbocycles. The number of rotatable bonds is 5. The van der Waals surface area contributed by atoms with Crippen LogP contribution in [0.2, 0.25) is 5.02 Å². The van der Waals surface area contributed by atoms with Crippen molar-refractivity contribution in [2.75, 3.05) is 7.11 Å². The number of benzene rings is 1. The summed E-state index contributed by atoms with van der Waals surface area (Å²) >= 11 is 5.73. The Bertz CT molecular complexity index is 487. The molecular weight excluding hydrogens is 276 g/mol. The van der Waals surface area contributed by atoms with Crippen molar-refractivity contribution in [3.8, 4) is 5.75 Å². The molecule has 0 fully saturated rings. The molecule has 0 aromatic heterocycles. The first kappa shape index (κ1) is 15.4. The Morgan fingerprint density at radius 2 is 2.11 bits per heavy atom. The first-order valence-electron chi connectivity index (χ1n) is 5.31. The fourth-order valence-electron chi connectivity index (χ4n) is 1.53. The molecule has 0 heterocycles. The van der Waals surface area contributed by atoms with Crippen LogP contribution in [0.5, 0.6) is 5.75 Å².